The fourth-order valence-electron chi connectivity index (χ4n) is 2.74. The number of nitrogens with one attached hydrogen (secondary N) is 1. The second kappa shape index (κ2) is 4.70. The second-order valence-electron chi connectivity index (χ2n) is 5.28. The first-order chi connectivity index (χ1) is 10.3. The quantitative estimate of drug-likeness (QED) is 0.917. The molecule has 4 rings (SSSR count). The first kappa shape index (κ1) is 12.1. The molecular weight excluding hydrogens is 264 g/mol. The average Bonchev–Trinajstić information content (AvgIpc) is 3.12. The van der Waals surface area contributed by atoms with Crippen molar-refractivity contribution in [1.82, 2.24) is 0 Å². The molecule has 2 aliphatic heterocycles. The van der Waals surface area contributed by atoms with Gasteiger partial charge in [0.2, 0.25) is 5.91 Å². The lowest BCUT2D eigenvalue weighted by Gasteiger charge is -2.15. The van der Waals surface area contributed by atoms with E-state index in [1.54, 1.807) is 0 Å². The molecule has 0 saturated heterocycles. The number of rotatable bonds is 2. The minimum absolute atomic E-state index is 0.0485. The highest BCUT2D eigenvalue weighted by atomic mass is 16.1. The summed E-state index contributed by atoms with van der Waals surface area (Å²) in [7, 11) is 0. The van der Waals surface area contributed by atoms with Crippen LogP contribution in [0.15, 0.2) is 58.9 Å². The zero-order chi connectivity index (χ0) is 14.2. The minimum Gasteiger partial charge on any atom is -0.326 e. The molecule has 0 radical (unpaired) electrons. The Bertz CT molecular complexity index is 726. The summed E-state index contributed by atoms with van der Waals surface area (Å²) in [5.74, 6) is 0.0485. The van der Waals surface area contributed by atoms with Crippen LogP contribution in [-0.2, 0) is 11.2 Å². The summed E-state index contributed by atoms with van der Waals surface area (Å²) in [6.45, 7) is 0.726. The number of carbonyl (C=O) groups excluding carboxylic acids is 1. The Labute approximate surface area is 122 Å². The highest BCUT2D eigenvalue weighted by Crippen LogP contribution is 2.32. The van der Waals surface area contributed by atoms with Gasteiger partial charge in [-0.1, -0.05) is 35.6 Å². The lowest BCUT2D eigenvalue weighted by molar-refractivity contribution is -0.115. The van der Waals surface area contributed by atoms with Crippen molar-refractivity contribution in [3.63, 3.8) is 0 Å². The second-order valence-corrected chi connectivity index (χ2v) is 5.28. The van der Waals surface area contributed by atoms with Gasteiger partial charge in [-0.15, -0.1) is 0 Å². The lowest BCUT2D eigenvalue weighted by Crippen LogP contribution is -2.16. The van der Waals surface area contributed by atoms with Crippen molar-refractivity contribution in [2.24, 2.45) is 10.3 Å². The maximum Gasteiger partial charge on any atom is 0.228 e. The van der Waals surface area contributed by atoms with Gasteiger partial charge >= 0.3 is 0 Å². The topological polar surface area (TPSA) is 57.1 Å². The number of amides is 1. The molecule has 5 heteroatoms. The summed E-state index contributed by atoms with van der Waals surface area (Å²) in [4.78, 5) is 11.4. The van der Waals surface area contributed by atoms with Crippen molar-refractivity contribution in [1.29, 1.82) is 0 Å². The van der Waals surface area contributed by atoms with Gasteiger partial charge in [0.15, 0.2) is 0 Å². The molecule has 1 N–H and O–H groups in total. The molecule has 0 saturated carbocycles. The lowest BCUT2D eigenvalue weighted by atomic mass is 10.1. The zero-order valence-electron chi connectivity index (χ0n) is 11.4. The molecule has 2 aliphatic rings. The number of hydrogen-bond acceptors (Lipinski definition) is 4. The highest BCUT2D eigenvalue weighted by Gasteiger charge is 2.24. The van der Waals surface area contributed by atoms with Crippen LogP contribution in [0.3, 0.4) is 0 Å². The smallest absolute Gasteiger partial charge is 0.228 e. The van der Waals surface area contributed by atoms with E-state index in [1.807, 2.05) is 41.4 Å². The van der Waals surface area contributed by atoms with Crippen LogP contribution in [0.1, 0.15) is 17.2 Å². The van der Waals surface area contributed by atoms with Crippen LogP contribution in [0.2, 0.25) is 0 Å². The molecule has 21 heavy (non-hydrogen) atoms. The maximum absolute atomic E-state index is 11.4. The summed E-state index contributed by atoms with van der Waals surface area (Å²) < 4.78 is 0. The van der Waals surface area contributed by atoms with Gasteiger partial charge in [0.05, 0.1) is 18.7 Å². The van der Waals surface area contributed by atoms with Gasteiger partial charge in [-0.2, -0.15) is 5.11 Å². The zero-order valence-corrected chi connectivity index (χ0v) is 11.4. The Morgan fingerprint density at radius 2 is 2.00 bits per heavy atom. The predicted molar refractivity (Wildman–Crippen MR) is 80.2 cm³/mol. The van der Waals surface area contributed by atoms with Crippen molar-refractivity contribution in [2.75, 3.05) is 16.9 Å². The Kier molecular flexibility index (Phi) is 2.70. The van der Waals surface area contributed by atoms with Gasteiger partial charge in [-0.05, 0) is 29.3 Å². The number of benzene rings is 2. The predicted octanol–water partition coefficient (Wildman–Crippen LogP) is 3.11. The standard InChI is InChI=1S/C16H14N4O/c21-16-9-12-8-13(6-7-14(12)17-16)20-10-15(18-19-20)11-4-2-1-3-5-11/h1-8,15H,9-10H2,(H,17,21). The summed E-state index contributed by atoms with van der Waals surface area (Å²) >= 11 is 0. The van der Waals surface area contributed by atoms with E-state index in [0.717, 1.165) is 23.5 Å². The van der Waals surface area contributed by atoms with Crippen LogP contribution in [0.5, 0.6) is 0 Å². The van der Waals surface area contributed by atoms with E-state index in [4.69, 9.17) is 0 Å². The minimum atomic E-state index is 0.0485. The Hall–Kier alpha value is -2.69. The van der Waals surface area contributed by atoms with Crippen LogP contribution in [0.4, 0.5) is 11.4 Å². The molecule has 2 aromatic carbocycles. The summed E-state index contributed by atoms with van der Waals surface area (Å²) in [6.07, 6.45) is 0.441. The number of hydrogen-bond donors (Lipinski definition) is 1. The largest absolute Gasteiger partial charge is 0.326 e. The fourth-order valence-corrected chi connectivity index (χ4v) is 2.74. The van der Waals surface area contributed by atoms with Gasteiger partial charge < -0.3 is 5.32 Å². The normalized spacial score (nSPS) is 19.7. The van der Waals surface area contributed by atoms with Crippen molar-refractivity contribution in [3.05, 3.63) is 59.7 Å². The molecule has 0 spiro atoms. The third-order valence-corrected chi connectivity index (χ3v) is 3.84. The first-order valence-corrected chi connectivity index (χ1v) is 6.95. The van der Waals surface area contributed by atoms with E-state index in [2.05, 4.69) is 27.8 Å². The summed E-state index contributed by atoms with van der Waals surface area (Å²) in [5, 5.41) is 13.3. The number of nitrogens with zero attached hydrogens (tertiary/aromatic N) is 3. The van der Waals surface area contributed by atoms with Crippen molar-refractivity contribution < 1.29 is 4.79 Å². The number of fused-ring (bicyclic) bond motifs is 1. The maximum atomic E-state index is 11.4. The molecule has 0 aromatic heterocycles. The van der Waals surface area contributed by atoms with Crippen LogP contribution < -0.4 is 10.3 Å². The molecule has 1 atom stereocenters. The Morgan fingerprint density at radius 1 is 1.14 bits per heavy atom. The molecule has 5 nitrogen and oxygen atoms in total. The van der Waals surface area contributed by atoms with E-state index in [0.29, 0.717) is 6.42 Å². The Morgan fingerprint density at radius 3 is 2.86 bits per heavy atom. The molecular formula is C16H14N4O. The Balaban J connectivity index is 1.56. The SMILES string of the molecule is O=C1Cc2cc(N3CC(c4ccccc4)N=N3)ccc2N1. The van der Waals surface area contributed by atoms with E-state index in [9.17, 15) is 4.79 Å². The van der Waals surface area contributed by atoms with Gasteiger partial charge in [-0.3, -0.25) is 4.79 Å². The highest BCUT2D eigenvalue weighted by molar-refractivity contribution is 5.99. The van der Waals surface area contributed by atoms with Gasteiger partial charge in [0.1, 0.15) is 6.04 Å². The van der Waals surface area contributed by atoms with Crippen LogP contribution >= 0.6 is 0 Å². The molecule has 0 aliphatic carbocycles. The first-order valence-electron chi connectivity index (χ1n) is 6.95. The molecule has 2 aromatic rings. The fraction of sp³-hybridized carbons (Fsp3) is 0.188. The summed E-state index contributed by atoms with van der Waals surface area (Å²) in [5.41, 5.74) is 4.07. The monoisotopic (exact) mass is 278 g/mol. The number of carbonyl (C=O) groups is 1. The van der Waals surface area contributed by atoms with E-state index in [1.165, 1.54) is 5.56 Å². The van der Waals surface area contributed by atoms with E-state index in [-0.39, 0.29) is 11.9 Å². The van der Waals surface area contributed by atoms with Gasteiger partial charge in [0, 0.05) is 5.69 Å². The third-order valence-electron chi connectivity index (χ3n) is 3.84. The van der Waals surface area contributed by atoms with Crippen LogP contribution in [0, 0.1) is 0 Å². The molecule has 104 valence electrons. The molecule has 1 amide bonds. The van der Waals surface area contributed by atoms with E-state index < -0.39 is 0 Å². The summed E-state index contributed by atoms with van der Waals surface area (Å²) in [6, 6.07) is 16.1. The van der Waals surface area contributed by atoms with Gasteiger partial charge in [-0.25, -0.2) is 5.01 Å². The molecule has 2 heterocycles. The van der Waals surface area contributed by atoms with Gasteiger partial charge in [0.25, 0.3) is 0 Å². The molecule has 0 fully saturated rings. The van der Waals surface area contributed by atoms with Crippen molar-refractivity contribution in [3.8, 4) is 0 Å². The van der Waals surface area contributed by atoms with Crippen LogP contribution in [0.25, 0.3) is 0 Å². The number of anilines is 2. The third kappa shape index (κ3) is 2.16. The average molecular weight is 278 g/mol. The van der Waals surface area contributed by atoms with Crippen molar-refractivity contribution >= 4 is 17.3 Å². The van der Waals surface area contributed by atoms with Crippen molar-refractivity contribution in [2.45, 2.75) is 12.5 Å². The van der Waals surface area contributed by atoms with E-state index >= 15 is 0 Å². The van der Waals surface area contributed by atoms with Crippen LogP contribution in [-0.4, -0.2) is 12.5 Å². The molecule has 0 bridgehead atoms. The molecule has 1 unspecified atom stereocenters.